The highest BCUT2D eigenvalue weighted by atomic mass is 35.5. The molecule has 3 heterocycles. The molecule has 1 aromatic carbocycles. The van der Waals surface area contributed by atoms with Gasteiger partial charge in [0.15, 0.2) is 5.01 Å². The Morgan fingerprint density at radius 2 is 2.13 bits per heavy atom. The minimum Gasteiger partial charge on any atom is -0.346 e. The summed E-state index contributed by atoms with van der Waals surface area (Å²) in [5.74, 6) is 0.692. The van der Waals surface area contributed by atoms with Crippen molar-refractivity contribution in [2.75, 3.05) is 19.6 Å². The van der Waals surface area contributed by atoms with Gasteiger partial charge in [0.2, 0.25) is 0 Å². The first kappa shape index (κ1) is 15.1. The van der Waals surface area contributed by atoms with Crippen LogP contribution in [0.2, 0.25) is 5.02 Å². The van der Waals surface area contributed by atoms with Gasteiger partial charge in [-0.25, -0.2) is 4.98 Å². The summed E-state index contributed by atoms with van der Waals surface area (Å²) in [4.78, 5) is 20.2. The predicted octanol–water partition coefficient (Wildman–Crippen LogP) is 3.29. The summed E-state index contributed by atoms with van der Waals surface area (Å²) in [5, 5.41) is 4.39. The second kappa shape index (κ2) is 6.23. The molecule has 0 radical (unpaired) electrons. The Hall–Kier alpha value is -1.43. The summed E-state index contributed by atoms with van der Waals surface area (Å²) in [6.45, 7) is 3.34. The Labute approximate surface area is 144 Å². The van der Waals surface area contributed by atoms with Gasteiger partial charge in [-0.3, -0.25) is 4.79 Å². The normalized spacial score (nSPS) is 26.2. The monoisotopic (exact) mass is 347 g/mol. The van der Waals surface area contributed by atoms with Crippen LogP contribution in [0.1, 0.15) is 22.6 Å². The van der Waals surface area contributed by atoms with E-state index >= 15 is 0 Å². The highest BCUT2D eigenvalue weighted by Crippen LogP contribution is 2.29. The largest absolute Gasteiger partial charge is 0.346 e. The summed E-state index contributed by atoms with van der Waals surface area (Å²) < 4.78 is 0. The van der Waals surface area contributed by atoms with Crippen LogP contribution in [0.4, 0.5) is 0 Å². The molecule has 120 valence electrons. The fourth-order valence-electron chi connectivity index (χ4n) is 3.54. The standard InChI is InChI=1S/C17H18ClN3OS/c18-13-3-1-12(2-4-13)15-8-19-17(23-15)16(22)20-14-7-11-5-6-21(9-11)10-14/h1-4,8,11,14H,5-7,9-10H2,(H,20,22). The van der Waals surface area contributed by atoms with Crippen LogP contribution in [-0.4, -0.2) is 41.5 Å². The lowest BCUT2D eigenvalue weighted by Crippen LogP contribution is -2.46. The Balaban J connectivity index is 1.44. The number of carbonyl (C=O) groups excluding carboxylic acids is 1. The van der Waals surface area contributed by atoms with E-state index in [4.69, 9.17) is 11.6 Å². The number of amides is 1. The van der Waals surface area contributed by atoms with E-state index < -0.39 is 0 Å². The molecule has 2 aromatic rings. The molecule has 2 aliphatic heterocycles. The fourth-order valence-corrected chi connectivity index (χ4v) is 4.49. The number of piperidine rings is 1. The van der Waals surface area contributed by atoms with E-state index in [1.165, 1.54) is 30.8 Å². The molecule has 4 rings (SSSR count). The van der Waals surface area contributed by atoms with Gasteiger partial charge in [0.05, 0.1) is 4.88 Å². The third-order valence-electron chi connectivity index (χ3n) is 4.63. The Kier molecular flexibility index (Phi) is 4.09. The summed E-state index contributed by atoms with van der Waals surface area (Å²) in [6, 6.07) is 7.85. The van der Waals surface area contributed by atoms with E-state index in [1.807, 2.05) is 24.3 Å². The van der Waals surface area contributed by atoms with Crippen LogP contribution in [0, 0.1) is 5.92 Å². The molecule has 6 heteroatoms. The topological polar surface area (TPSA) is 45.2 Å². The molecule has 3 atom stereocenters. The van der Waals surface area contributed by atoms with Gasteiger partial charge in [0.25, 0.3) is 5.91 Å². The van der Waals surface area contributed by atoms with E-state index in [0.29, 0.717) is 10.0 Å². The minimum atomic E-state index is -0.0530. The molecule has 1 aromatic heterocycles. The first-order valence-corrected chi connectivity index (χ1v) is 9.12. The number of fused-ring (bicyclic) bond motifs is 2. The molecule has 1 amide bonds. The first-order chi connectivity index (χ1) is 11.2. The van der Waals surface area contributed by atoms with Crippen LogP contribution in [0.25, 0.3) is 10.4 Å². The fraction of sp³-hybridized carbons (Fsp3) is 0.412. The Bertz CT molecular complexity index is 703. The molecular weight excluding hydrogens is 330 g/mol. The van der Waals surface area contributed by atoms with Crippen LogP contribution < -0.4 is 5.32 Å². The number of hydrogen-bond acceptors (Lipinski definition) is 4. The number of benzene rings is 1. The molecule has 3 unspecified atom stereocenters. The smallest absolute Gasteiger partial charge is 0.280 e. The molecule has 1 N–H and O–H groups in total. The van der Waals surface area contributed by atoms with Crippen molar-refractivity contribution in [1.82, 2.24) is 15.2 Å². The maximum absolute atomic E-state index is 12.4. The van der Waals surface area contributed by atoms with Crippen molar-refractivity contribution in [2.45, 2.75) is 18.9 Å². The van der Waals surface area contributed by atoms with Crippen LogP contribution >= 0.6 is 22.9 Å². The molecule has 0 aliphatic carbocycles. The highest BCUT2D eigenvalue weighted by Gasteiger charge is 2.33. The van der Waals surface area contributed by atoms with Crippen LogP contribution in [0.15, 0.2) is 30.5 Å². The molecule has 2 saturated heterocycles. The molecule has 4 nitrogen and oxygen atoms in total. The van der Waals surface area contributed by atoms with Gasteiger partial charge in [0.1, 0.15) is 0 Å². The molecular formula is C17H18ClN3OS. The number of nitrogens with one attached hydrogen (secondary N) is 1. The summed E-state index contributed by atoms with van der Waals surface area (Å²) in [5.41, 5.74) is 1.03. The number of thiazole rings is 1. The number of carbonyl (C=O) groups is 1. The van der Waals surface area contributed by atoms with E-state index in [-0.39, 0.29) is 11.9 Å². The van der Waals surface area contributed by atoms with Gasteiger partial charge in [-0.15, -0.1) is 11.3 Å². The van der Waals surface area contributed by atoms with Crippen molar-refractivity contribution in [3.63, 3.8) is 0 Å². The van der Waals surface area contributed by atoms with Gasteiger partial charge in [0, 0.05) is 30.4 Å². The number of aromatic nitrogens is 1. The third-order valence-corrected chi connectivity index (χ3v) is 5.93. The average Bonchev–Trinajstić information content (AvgIpc) is 3.15. The van der Waals surface area contributed by atoms with Crippen LogP contribution in [0.5, 0.6) is 0 Å². The Morgan fingerprint density at radius 1 is 1.30 bits per heavy atom. The van der Waals surface area contributed by atoms with Crippen molar-refractivity contribution < 1.29 is 4.79 Å². The zero-order valence-electron chi connectivity index (χ0n) is 12.7. The summed E-state index contributed by atoms with van der Waals surface area (Å²) >= 11 is 7.34. The van der Waals surface area contributed by atoms with Crippen molar-refractivity contribution in [3.05, 3.63) is 40.5 Å². The van der Waals surface area contributed by atoms with E-state index in [9.17, 15) is 4.79 Å². The van der Waals surface area contributed by atoms with Crippen molar-refractivity contribution in [1.29, 1.82) is 0 Å². The lowest BCUT2D eigenvalue weighted by Gasteiger charge is -2.30. The highest BCUT2D eigenvalue weighted by molar-refractivity contribution is 7.16. The van der Waals surface area contributed by atoms with Gasteiger partial charge in [-0.05, 0) is 43.0 Å². The van der Waals surface area contributed by atoms with Crippen LogP contribution in [-0.2, 0) is 0 Å². The number of halogens is 1. The molecule has 0 saturated carbocycles. The minimum absolute atomic E-state index is 0.0530. The lowest BCUT2D eigenvalue weighted by molar-refractivity contribution is 0.0909. The van der Waals surface area contributed by atoms with Crippen molar-refractivity contribution >= 4 is 28.8 Å². The molecule has 2 bridgehead atoms. The summed E-state index contributed by atoms with van der Waals surface area (Å²) in [7, 11) is 0. The molecule has 2 aliphatic rings. The zero-order chi connectivity index (χ0) is 15.8. The second-order valence-electron chi connectivity index (χ2n) is 6.36. The van der Waals surface area contributed by atoms with E-state index in [1.54, 1.807) is 6.20 Å². The van der Waals surface area contributed by atoms with Crippen molar-refractivity contribution in [2.24, 2.45) is 5.92 Å². The predicted molar refractivity (Wildman–Crippen MR) is 93.0 cm³/mol. The number of rotatable bonds is 3. The zero-order valence-corrected chi connectivity index (χ0v) is 14.2. The SMILES string of the molecule is O=C(NC1CC2CCN(C2)C1)c1ncc(-c2ccc(Cl)cc2)s1. The maximum atomic E-state index is 12.4. The van der Waals surface area contributed by atoms with Crippen LogP contribution in [0.3, 0.4) is 0 Å². The molecule has 0 spiro atoms. The number of nitrogens with zero attached hydrogens (tertiary/aromatic N) is 2. The van der Waals surface area contributed by atoms with Gasteiger partial charge < -0.3 is 10.2 Å². The van der Waals surface area contributed by atoms with Gasteiger partial charge in [-0.1, -0.05) is 23.7 Å². The van der Waals surface area contributed by atoms with E-state index in [2.05, 4.69) is 15.2 Å². The third kappa shape index (κ3) is 3.27. The average molecular weight is 348 g/mol. The van der Waals surface area contributed by atoms with Crippen molar-refractivity contribution in [3.8, 4) is 10.4 Å². The maximum Gasteiger partial charge on any atom is 0.280 e. The summed E-state index contributed by atoms with van der Waals surface area (Å²) in [6.07, 6.45) is 4.12. The second-order valence-corrected chi connectivity index (χ2v) is 7.82. The lowest BCUT2D eigenvalue weighted by atomic mass is 9.97. The Morgan fingerprint density at radius 3 is 2.91 bits per heavy atom. The van der Waals surface area contributed by atoms with E-state index in [0.717, 1.165) is 29.3 Å². The number of hydrogen-bond donors (Lipinski definition) is 1. The first-order valence-electron chi connectivity index (χ1n) is 7.92. The van der Waals surface area contributed by atoms with Gasteiger partial charge in [-0.2, -0.15) is 0 Å². The van der Waals surface area contributed by atoms with Gasteiger partial charge >= 0.3 is 0 Å². The molecule has 23 heavy (non-hydrogen) atoms. The molecule has 2 fully saturated rings. The quantitative estimate of drug-likeness (QED) is 0.926.